The number of nitriles is 1. The average molecular weight is 277 g/mol. The van der Waals surface area contributed by atoms with Gasteiger partial charge in [-0.05, 0) is 37.0 Å². The molecule has 1 atom stereocenters. The van der Waals surface area contributed by atoms with E-state index in [1.54, 1.807) is 6.07 Å². The van der Waals surface area contributed by atoms with Crippen LogP contribution >= 0.6 is 0 Å². The number of aliphatic carboxylic acids is 1. The minimum absolute atomic E-state index is 0.0292. The highest BCUT2D eigenvalue weighted by Crippen LogP contribution is 2.32. The van der Waals surface area contributed by atoms with Crippen LogP contribution in [0.4, 0.5) is 14.9 Å². The third kappa shape index (κ3) is 3.23. The number of carbonyl (C=O) groups excluding carboxylic acids is 1. The van der Waals surface area contributed by atoms with Gasteiger partial charge >= 0.3 is 12.0 Å². The molecule has 0 aliphatic heterocycles. The van der Waals surface area contributed by atoms with Gasteiger partial charge in [0.1, 0.15) is 17.9 Å². The van der Waals surface area contributed by atoms with Gasteiger partial charge in [0.2, 0.25) is 0 Å². The molecule has 1 aromatic rings. The zero-order chi connectivity index (χ0) is 14.7. The number of rotatable bonds is 4. The fraction of sp³-hybridized carbons (Fsp3) is 0.308. The van der Waals surface area contributed by atoms with Crippen LogP contribution in [0.3, 0.4) is 0 Å². The van der Waals surface area contributed by atoms with E-state index in [4.69, 9.17) is 10.4 Å². The van der Waals surface area contributed by atoms with Crippen LogP contribution in [0.5, 0.6) is 0 Å². The third-order valence-electron chi connectivity index (χ3n) is 3.00. The molecule has 6 nitrogen and oxygen atoms in total. The maximum Gasteiger partial charge on any atom is 0.326 e. The molecule has 1 unspecified atom stereocenters. The van der Waals surface area contributed by atoms with E-state index in [9.17, 15) is 14.0 Å². The number of urea groups is 1. The Labute approximate surface area is 114 Å². The summed E-state index contributed by atoms with van der Waals surface area (Å²) in [5.74, 6) is -1.74. The Hall–Kier alpha value is -2.62. The molecule has 1 aromatic carbocycles. The van der Waals surface area contributed by atoms with E-state index in [1.807, 2.05) is 0 Å². The molecule has 1 fully saturated rings. The average Bonchev–Trinajstić information content (AvgIpc) is 3.22. The summed E-state index contributed by atoms with van der Waals surface area (Å²) in [7, 11) is 0. The smallest absolute Gasteiger partial charge is 0.326 e. The lowest BCUT2D eigenvalue weighted by molar-refractivity contribution is -0.139. The Balaban J connectivity index is 2.04. The van der Waals surface area contributed by atoms with Crippen LogP contribution in [-0.4, -0.2) is 23.1 Å². The number of nitrogens with one attached hydrogen (secondary N) is 2. The Morgan fingerprint density at radius 3 is 2.70 bits per heavy atom. The second-order valence-electron chi connectivity index (χ2n) is 4.55. The van der Waals surface area contributed by atoms with Crippen molar-refractivity contribution in [3.05, 3.63) is 29.6 Å². The predicted octanol–water partition coefficient (Wildman–Crippen LogP) is 1.68. The molecule has 0 spiro atoms. The minimum Gasteiger partial charge on any atom is -0.480 e. The standard InChI is InChI=1S/C13H12FN3O3/c14-9-3-4-10(8(5-9)6-15)16-13(20)17-11(12(18)19)7-1-2-7/h3-5,7,11H,1-2H2,(H,18,19)(H2,16,17,20). The largest absolute Gasteiger partial charge is 0.480 e. The lowest BCUT2D eigenvalue weighted by atomic mass is 10.2. The first-order valence-electron chi connectivity index (χ1n) is 6.01. The normalized spacial score (nSPS) is 15.0. The molecule has 0 radical (unpaired) electrons. The molecule has 104 valence electrons. The first-order chi connectivity index (χ1) is 9.51. The molecular formula is C13H12FN3O3. The van der Waals surface area contributed by atoms with E-state index in [0.29, 0.717) is 0 Å². The van der Waals surface area contributed by atoms with Crippen LogP contribution in [0.25, 0.3) is 0 Å². The van der Waals surface area contributed by atoms with Gasteiger partial charge in [0, 0.05) is 0 Å². The Kier molecular flexibility index (Phi) is 3.84. The van der Waals surface area contributed by atoms with E-state index >= 15 is 0 Å². The van der Waals surface area contributed by atoms with Gasteiger partial charge in [-0.25, -0.2) is 14.0 Å². The SMILES string of the molecule is N#Cc1cc(F)ccc1NC(=O)NC(C(=O)O)C1CC1. The lowest BCUT2D eigenvalue weighted by Crippen LogP contribution is -2.44. The van der Waals surface area contributed by atoms with Crippen molar-refractivity contribution in [3.8, 4) is 6.07 Å². The van der Waals surface area contributed by atoms with Crippen LogP contribution in [-0.2, 0) is 4.79 Å². The summed E-state index contributed by atoms with van der Waals surface area (Å²) in [5.41, 5.74) is 0.102. The van der Waals surface area contributed by atoms with Gasteiger partial charge < -0.3 is 15.7 Å². The molecule has 0 saturated heterocycles. The molecule has 3 N–H and O–H groups in total. The number of hydrogen-bond donors (Lipinski definition) is 3. The van der Waals surface area contributed by atoms with E-state index in [0.717, 1.165) is 25.0 Å². The van der Waals surface area contributed by atoms with E-state index in [1.165, 1.54) is 6.07 Å². The summed E-state index contributed by atoms with van der Waals surface area (Å²) in [5, 5.41) is 22.5. The number of nitrogens with zero attached hydrogens (tertiary/aromatic N) is 1. The molecule has 7 heteroatoms. The number of amides is 2. The highest BCUT2D eigenvalue weighted by molar-refractivity contribution is 5.93. The molecule has 2 amide bonds. The van der Waals surface area contributed by atoms with Gasteiger partial charge in [0.25, 0.3) is 0 Å². The van der Waals surface area contributed by atoms with Gasteiger partial charge in [-0.1, -0.05) is 0 Å². The predicted molar refractivity (Wildman–Crippen MR) is 67.4 cm³/mol. The van der Waals surface area contributed by atoms with Crippen molar-refractivity contribution in [2.75, 3.05) is 5.32 Å². The molecule has 0 heterocycles. The maximum atomic E-state index is 12.9. The molecule has 0 bridgehead atoms. The topological polar surface area (TPSA) is 102 Å². The molecule has 1 aliphatic rings. The van der Waals surface area contributed by atoms with Crippen molar-refractivity contribution >= 4 is 17.7 Å². The monoisotopic (exact) mass is 277 g/mol. The van der Waals surface area contributed by atoms with Crippen molar-refractivity contribution in [3.63, 3.8) is 0 Å². The Morgan fingerprint density at radius 2 is 2.15 bits per heavy atom. The van der Waals surface area contributed by atoms with Crippen LogP contribution in [0, 0.1) is 23.1 Å². The quantitative estimate of drug-likeness (QED) is 0.779. The number of anilines is 1. The van der Waals surface area contributed by atoms with Gasteiger partial charge in [-0.2, -0.15) is 5.26 Å². The Bertz CT molecular complexity index is 593. The zero-order valence-electron chi connectivity index (χ0n) is 10.4. The van der Waals surface area contributed by atoms with E-state index < -0.39 is 23.9 Å². The van der Waals surface area contributed by atoms with Crippen molar-refractivity contribution in [1.82, 2.24) is 5.32 Å². The fourth-order valence-electron chi connectivity index (χ4n) is 1.83. The fourth-order valence-corrected chi connectivity index (χ4v) is 1.83. The second-order valence-corrected chi connectivity index (χ2v) is 4.55. The summed E-state index contributed by atoms with van der Waals surface area (Å²) < 4.78 is 12.9. The lowest BCUT2D eigenvalue weighted by Gasteiger charge is -2.14. The summed E-state index contributed by atoms with van der Waals surface area (Å²) in [4.78, 5) is 22.7. The van der Waals surface area contributed by atoms with Gasteiger partial charge in [0.15, 0.2) is 0 Å². The number of hydrogen-bond acceptors (Lipinski definition) is 3. The number of carboxylic acid groups (broad SMARTS) is 1. The number of halogens is 1. The van der Waals surface area contributed by atoms with Crippen molar-refractivity contribution in [2.24, 2.45) is 5.92 Å². The van der Waals surface area contributed by atoms with Gasteiger partial charge in [-0.15, -0.1) is 0 Å². The number of carboxylic acids is 1. The van der Waals surface area contributed by atoms with Gasteiger partial charge in [0.05, 0.1) is 11.3 Å². The van der Waals surface area contributed by atoms with E-state index in [-0.39, 0.29) is 17.2 Å². The van der Waals surface area contributed by atoms with Crippen LogP contribution in [0.1, 0.15) is 18.4 Å². The van der Waals surface area contributed by atoms with Crippen molar-refractivity contribution in [1.29, 1.82) is 5.26 Å². The third-order valence-corrected chi connectivity index (χ3v) is 3.00. The van der Waals surface area contributed by atoms with Crippen LogP contribution in [0.2, 0.25) is 0 Å². The maximum absolute atomic E-state index is 12.9. The van der Waals surface area contributed by atoms with E-state index in [2.05, 4.69) is 10.6 Å². The summed E-state index contributed by atoms with van der Waals surface area (Å²) in [6.07, 6.45) is 1.52. The summed E-state index contributed by atoms with van der Waals surface area (Å²) in [6, 6.07) is 3.43. The second kappa shape index (κ2) is 5.57. The molecule has 20 heavy (non-hydrogen) atoms. The zero-order valence-corrected chi connectivity index (χ0v) is 10.4. The molecule has 1 aliphatic carbocycles. The molecular weight excluding hydrogens is 265 g/mol. The Morgan fingerprint density at radius 1 is 1.45 bits per heavy atom. The van der Waals surface area contributed by atoms with Crippen molar-refractivity contribution in [2.45, 2.75) is 18.9 Å². The highest BCUT2D eigenvalue weighted by Gasteiger charge is 2.37. The van der Waals surface area contributed by atoms with Crippen LogP contribution in [0.15, 0.2) is 18.2 Å². The minimum atomic E-state index is -1.10. The molecule has 0 aromatic heterocycles. The molecule has 2 rings (SSSR count). The number of carbonyl (C=O) groups is 2. The number of benzene rings is 1. The van der Waals surface area contributed by atoms with Gasteiger partial charge in [-0.3, -0.25) is 0 Å². The van der Waals surface area contributed by atoms with Crippen molar-refractivity contribution < 1.29 is 19.1 Å². The summed E-state index contributed by atoms with van der Waals surface area (Å²) >= 11 is 0. The first kappa shape index (κ1) is 13.8. The van der Waals surface area contributed by atoms with Crippen LogP contribution < -0.4 is 10.6 Å². The summed E-state index contributed by atoms with van der Waals surface area (Å²) in [6.45, 7) is 0. The highest BCUT2D eigenvalue weighted by atomic mass is 19.1. The first-order valence-corrected chi connectivity index (χ1v) is 6.01. The molecule has 1 saturated carbocycles.